The molecule has 7 aromatic rings. The van der Waals surface area contributed by atoms with Crippen LogP contribution in [0.5, 0.6) is 0 Å². The number of hydrogen-bond donors (Lipinski definition) is 4. The van der Waals surface area contributed by atoms with Crippen LogP contribution < -0.4 is 10.6 Å². The summed E-state index contributed by atoms with van der Waals surface area (Å²) in [5.74, 6) is 1.01. The summed E-state index contributed by atoms with van der Waals surface area (Å²) in [4.78, 5) is 74.6. The molecule has 0 aliphatic carbocycles. The van der Waals surface area contributed by atoms with Gasteiger partial charge in [0.25, 0.3) is 11.8 Å². The van der Waals surface area contributed by atoms with E-state index in [9.17, 15) is 19.2 Å². The SMILES string of the molecule is COC(=O)N[C@@H](C(=O)N1CCCC1c1ncc(-c2ccc(-c3cc4sc(-c5cnc([C@@H]6CCCN6C(=O)[C@H](NC(=O)OC)c6ccccc6)[nH]5)cc4s3)cc2)[nH]1)c1ccccc1. The molecule has 316 valence electrons. The Morgan fingerprint density at radius 3 is 1.60 bits per heavy atom. The minimum absolute atomic E-state index is 0.206. The first-order valence-corrected chi connectivity index (χ1v) is 22.1. The monoisotopic (exact) mass is 868 g/mol. The first-order valence-electron chi connectivity index (χ1n) is 20.4. The number of likely N-dealkylation sites (tertiary alicyclic amines) is 2. The number of methoxy groups -OCH3 is 2. The van der Waals surface area contributed by atoms with Crippen molar-refractivity contribution in [2.75, 3.05) is 27.3 Å². The predicted octanol–water partition coefficient (Wildman–Crippen LogP) is 8.93. The number of hydrogen-bond acceptors (Lipinski definition) is 10. The van der Waals surface area contributed by atoms with Crippen molar-refractivity contribution >= 4 is 56.1 Å². The second kappa shape index (κ2) is 17.7. The molecule has 62 heavy (non-hydrogen) atoms. The average Bonchev–Trinajstić information content (AvgIpc) is 4.17. The Morgan fingerprint density at radius 2 is 1.08 bits per heavy atom. The van der Waals surface area contributed by atoms with Gasteiger partial charge in [0.15, 0.2) is 0 Å². The van der Waals surface area contributed by atoms with Gasteiger partial charge in [-0.25, -0.2) is 19.6 Å². The van der Waals surface area contributed by atoms with Crippen LogP contribution in [0.1, 0.15) is 72.6 Å². The molecule has 2 saturated heterocycles. The van der Waals surface area contributed by atoms with Gasteiger partial charge < -0.3 is 39.9 Å². The number of nitrogens with zero attached hydrogens (tertiary/aromatic N) is 4. The van der Waals surface area contributed by atoms with Crippen molar-refractivity contribution in [2.24, 2.45) is 0 Å². The van der Waals surface area contributed by atoms with Crippen LogP contribution in [0.4, 0.5) is 9.59 Å². The first kappa shape index (κ1) is 40.6. The third kappa shape index (κ3) is 8.18. The largest absolute Gasteiger partial charge is 0.453 e. The second-order valence-corrected chi connectivity index (χ2v) is 17.4. The zero-order valence-corrected chi connectivity index (χ0v) is 35.6. The highest BCUT2D eigenvalue weighted by atomic mass is 32.1. The van der Waals surface area contributed by atoms with E-state index in [4.69, 9.17) is 19.4 Å². The maximum atomic E-state index is 13.9. The Labute approximate surface area is 365 Å². The van der Waals surface area contributed by atoms with Crippen LogP contribution in [0.2, 0.25) is 0 Å². The van der Waals surface area contributed by atoms with E-state index in [1.165, 1.54) is 23.6 Å². The number of benzene rings is 3. The molecule has 0 spiro atoms. The Morgan fingerprint density at radius 1 is 0.629 bits per heavy atom. The van der Waals surface area contributed by atoms with Gasteiger partial charge in [-0.05, 0) is 60.1 Å². The number of aromatic nitrogens is 4. The van der Waals surface area contributed by atoms with E-state index in [1.807, 2.05) is 73.1 Å². The van der Waals surface area contributed by atoms with Crippen molar-refractivity contribution < 1.29 is 28.7 Å². The lowest BCUT2D eigenvalue weighted by Gasteiger charge is -2.28. The Balaban J connectivity index is 0.869. The lowest BCUT2D eigenvalue weighted by Crippen LogP contribution is -2.42. The van der Waals surface area contributed by atoms with Crippen molar-refractivity contribution in [1.29, 1.82) is 0 Å². The molecule has 2 aliphatic rings. The summed E-state index contributed by atoms with van der Waals surface area (Å²) in [6, 6.07) is 28.9. The molecule has 9 rings (SSSR count). The maximum absolute atomic E-state index is 13.9. The van der Waals surface area contributed by atoms with Crippen LogP contribution in [0.25, 0.3) is 41.7 Å². The Kier molecular flexibility index (Phi) is 11.6. The molecule has 14 nitrogen and oxygen atoms in total. The van der Waals surface area contributed by atoms with E-state index in [0.717, 1.165) is 63.8 Å². The summed E-state index contributed by atoms with van der Waals surface area (Å²) in [6.45, 7) is 1.11. The minimum Gasteiger partial charge on any atom is -0.453 e. The van der Waals surface area contributed by atoms with Crippen molar-refractivity contribution in [2.45, 2.75) is 49.9 Å². The van der Waals surface area contributed by atoms with Gasteiger partial charge >= 0.3 is 12.2 Å². The summed E-state index contributed by atoms with van der Waals surface area (Å²) < 4.78 is 12.0. The summed E-state index contributed by atoms with van der Waals surface area (Å²) in [6.07, 6.45) is 5.46. The second-order valence-electron chi connectivity index (χ2n) is 15.2. The van der Waals surface area contributed by atoms with Crippen LogP contribution in [0, 0.1) is 0 Å². The number of H-pyrrole nitrogens is 2. The summed E-state index contributed by atoms with van der Waals surface area (Å²) >= 11 is 3.42. The molecule has 4 atom stereocenters. The van der Waals surface area contributed by atoms with Crippen molar-refractivity contribution in [1.82, 2.24) is 40.4 Å². The number of imidazole rings is 2. The van der Waals surface area contributed by atoms with Gasteiger partial charge in [-0.2, -0.15) is 0 Å². The number of carbonyl (C=O) groups is 4. The zero-order chi connectivity index (χ0) is 42.7. The Hall–Kier alpha value is -6.78. The summed E-state index contributed by atoms with van der Waals surface area (Å²) in [7, 11) is 2.57. The molecule has 0 radical (unpaired) electrons. The third-order valence-corrected chi connectivity index (χ3v) is 13.9. The van der Waals surface area contributed by atoms with Gasteiger partial charge in [0, 0.05) is 27.4 Å². The normalized spacial score (nSPS) is 17.2. The van der Waals surface area contributed by atoms with E-state index in [0.29, 0.717) is 30.0 Å². The van der Waals surface area contributed by atoms with Gasteiger partial charge in [-0.1, -0.05) is 84.9 Å². The number of alkyl carbamates (subject to hydrolysis) is 2. The number of carbonyl (C=O) groups excluding carboxylic acids is 4. The molecular formula is C46H44N8O6S2. The molecule has 0 bridgehead atoms. The van der Waals surface area contributed by atoms with E-state index in [-0.39, 0.29) is 23.9 Å². The summed E-state index contributed by atoms with van der Waals surface area (Å²) in [5, 5.41) is 5.44. The molecule has 3 aromatic carbocycles. The highest BCUT2D eigenvalue weighted by Crippen LogP contribution is 2.43. The molecule has 2 aliphatic heterocycles. The minimum atomic E-state index is -0.880. The lowest BCUT2D eigenvalue weighted by molar-refractivity contribution is -0.135. The summed E-state index contributed by atoms with van der Waals surface area (Å²) in [5.41, 5.74) is 5.19. The molecule has 0 saturated carbocycles. The number of fused-ring (bicyclic) bond motifs is 1. The highest BCUT2D eigenvalue weighted by Gasteiger charge is 2.38. The quantitative estimate of drug-likeness (QED) is 0.0997. The fourth-order valence-corrected chi connectivity index (χ4v) is 10.8. The van der Waals surface area contributed by atoms with Crippen LogP contribution in [0.15, 0.2) is 109 Å². The average molecular weight is 869 g/mol. The predicted molar refractivity (Wildman–Crippen MR) is 237 cm³/mol. The standard InChI is InChI=1S/C46H44N8O6S2/c1-59-45(57)51-39(29-11-5-3-6-12-29)43(55)53-21-9-15-33(53)41-47-25-31(49-41)27-17-19-28(20-18-27)35-23-37-38(61-35)24-36(62-37)32-26-48-42(50-32)34-16-10-22-54(34)44(56)40(52-46(58)60-2)30-13-7-4-8-14-30/h3-8,11-14,17-20,23-26,33-34,39-40H,9-10,15-16,21-22H2,1-2H3,(H,47,49)(H,48,50)(H,51,57)(H,52,58)/t33?,34-,39+,40+/m0/s1. The number of rotatable bonds is 11. The van der Waals surface area contributed by atoms with Crippen molar-refractivity contribution in [3.05, 3.63) is 132 Å². The third-order valence-electron chi connectivity index (χ3n) is 11.5. The lowest BCUT2D eigenvalue weighted by atomic mass is 10.1. The molecule has 2 fully saturated rings. The van der Waals surface area contributed by atoms with Crippen LogP contribution in [-0.4, -0.2) is 81.0 Å². The van der Waals surface area contributed by atoms with Crippen molar-refractivity contribution in [3.8, 4) is 32.3 Å². The molecular weight excluding hydrogens is 825 g/mol. The van der Waals surface area contributed by atoms with Crippen molar-refractivity contribution in [3.63, 3.8) is 0 Å². The van der Waals surface area contributed by atoms with Crippen LogP contribution in [0.3, 0.4) is 0 Å². The number of nitrogens with one attached hydrogen (secondary N) is 4. The Bertz CT molecular complexity index is 2680. The molecule has 1 unspecified atom stereocenters. The number of aromatic amines is 2. The van der Waals surface area contributed by atoms with Gasteiger partial charge in [0.2, 0.25) is 0 Å². The van der Waals surface area contributed by atoms with E-state index in [1.54, 1.807) is 32.5 Å². The van der Waals surface area contributed by atoms with Gasteiger partial charge in [-0.15, -0.1) is 22.7 Å². The smallest absolute Gasteiger partial charge is 0.407 e. The first-order chi connectivity index (χ1) is 30.3. The molecule has 16 heteroatoms. The van der Waals surface area contributed by atoms with Crippen LogP contribution in [-0.2, 0) is 19.1 Å². The van der Waals surface area contributed by atoms with E-state index < -0.39 is 24.3 Å². The fraction of sp³-hybridized carbons (Fsp3) is 0.261. The number of amides is 4. The topological polar surface area (TPSA) is 175 Å². The zero-order valence-electron chi connectivity index (χ0n) is 34.0. The highest BCUT2D eigenvalue weighted by molar-refractivity contribution is 7.31. The number of ether oxygens (including phenoxy) is 2. The van der Waals surface area contributed by atoms with Gasteiger partial charge in [0.1, 0.15) is 23.7 Å². The fourth-order valence-electron chi connectivity index (χ4n) is 8.39. The van der Waals surface area contributed by atoms with Gasteiger partial charge in [0.05, 0.1) is 55.0 Å². The maximum Gasteiger partial charge on any atom is 0.407 e. The van der Waals surface area contributed by atoms with E-state index >= 15 is 0 Å². The molecule has 4 N–H and O–H groups in total. The molecule has 4 amide bonds. The number of thiophene rings is 2. The molecule has 4 aromatic heterocycles. The van der Waals surface area contributed by atoms with E-state index in [2.05, 4.69) is 57.0 Å². The van der Waals surface area contributed by atoms with Crippen LogP contribution >= 0.6 is 22.7 Å². The van der Waals surface area contributed by atoms with Gasteiger partial charge in [-0.3, -0.25) is 9.59 Å². The molecule has 6 heterocycles.